The minimum absolute atomic E-state index is 0.221. The van der Waals surface area contributed by atoms with Crippen LogP contribution >= 0.6 is 23.2 Å². The van der Waals surface area contributed by atoms with Gasteiger partial charge in [0.1, 0.15) is 5.56 Å². The zero-order valence-electron chi connectivity index (χ0n) is 17.6. The lowest BCUT2D eigenvalue weighted by molar-refractivity contribution is 0.0867. The lowest BCUT2D eigenvalue weighted by Crippen LogP contribution is -2.46. The van der Waals surface area contributed by atoms with Gasteiger partial charge >= 0.3 is 0 Å². The van der Waals surface area contributed by atoms with Crippen LogP contribution in [0.25, 0.3) is 0 Å². The van der Waals surface area contributed by atoms with Crippen molar-refractivity contribution in [2.45, 2.75) is 26.1 Å². The average molecular weight is 470 g/mol. The van der Waals surface area contributed by atoms with Gasteiger partial charge in [0, 0.05) is 25.0 Å². The molecule has 2 aromatic carbocycles. The zero-order chi connectivity index (χ0) is 22.4. The van der Waals surface area contributed by atoms with Crippen LogP contribution in [0.2, 0.25) is 10.0 Å². The van der Waals surface area contributed by atoms with Crippen LogP contribution in [0.4, 0.5) is 17.3 Å². The Hall–Kier alpha value is -2.87. The minimum atomic E-state index is -0.643. The van der Waals surface area contributed by atoms with Crippen molar-refractivity contribution in [3.05, 3.63) is 69.3 Å². The molecule has 2 aliphatic rings. The molecule has 0 bridgehead atoms. The minimum Gasteiger partial charge on any atom is -0.453 e. The van der Waals surface area contributed by atoms with Crippen molar-refractivity contribution < 1.29 is 9.53 Å². The summed E-state index contributed by atoms with van der Waals surface area (Å²) in [4.78, 5) is 25.7. The number of para-hydroxylation sites is 1. The van der Waals surface area contributed by atoms with Crippen LogP contribution in [0.5, 0.6) is 5.88 Å². The molecule has 1 aromatic heterocycles. The van der Waals surface area contributed by atoms with Crippen molar-refractivity contribution in [2.24, 2.45) is 0 Å². The van der Waals surface area contributed by atoms with E-state index in [0.717, 1.165) is 25.2 Å². The Morgan fingerprint density at radius 3 is 2.72 bits per heavy atom. The summed E-state index contributed by atoms with van der Waals surface area (Å²) in [5.74, 6) is 0.262. The summed E-state index contributed by atoms with van der Waals surface area (Å²) >= 11 is 12.6. The molecule has 7 nitrogen and oxygen atoms in total. The molecular weight excluding hydrogens is 449 g/mol. The number of hydrogen-bond acceptors (Lipinski definition) is 6. The second-order valence-corrected chi connectivity index (χ2v) is 8.79. The van der Waals surface area contributed by atoms with E-state index < -0.39 is 6.23 Å². The van der Waals surface area contributed by atoms with Crippen LogP contribution in [-0.4, -0.2) is 40.6 Å². The smallest absolute Gasteiger partial charge is 0.268 e. The molecule has 0 radical (unpaired) electrons. The number of carbonyl (C=O) groups is 1. The first-order valence-electron chi connectivity index (χ1n) is 10.3. The Morgan fingerprint density at radius 1 is 1.16 bits per heavy atom. The third kappa shape index (κ3) is 3.77. The highest BCUT2D eigenvalue weighted by molar-refractivity contribution is 6.40. The van der Waals surface area contributed by atoms with Gasteiger partial charge in [0.05, 0.1) is 15.7 Å². The molecule has 32 heavy (non-hydrogen) atoms. The molecule has 0 saturated heterocycles. The fraction of sp³-hybridized carbons (Fsp3) is 0.261. The molecule has 1 atom stereocenters. The van der Waals surface area contributed by atoms with Crippen molar-refractivity contribution in [1.82, 2.24) is 14.9 Å². The molecule has 0 saturated carbocycles. The summed E-state index contributed by atoms with van der Waals surface area (Å²) in [5.41, 5.74) is 4.20. The molecule has 164 valence electrons. The number of hydrogen-bond donors (Lipinski definition) is 1. The first-order chi connectivity index (χ1) is 15.4. The van der Waals surface area contributed by atoms with Crippen LogP contribution in [0.15, 0.2) is 42.6 Å². The number of ether oxygens (including phenoxy) is 1. The number of rotatable bonds is 3. The summed E-state index contributed by atoms with van der Waals surface area (Å²) in [5, 5.41) is 3.95. The van der Waals surface area contributed by atoms with E-state index in [1.54, 1.807) is 25.1 Å². The van der Waals surface area contributed by atoms with Crippen molar-refractivity contribution in [3.8, 4) is 5.88 Å². The zero-order valence-corrected chi connectivity index (χ0v) is 19.1. The maximum atomic E-state index is 13.2. The first kappa shape index (κ1) is 21.0. The highest BCUT2D eigenvalue weighted by atomic mass is 35.5. The number of amides is 1. The lowest BCUT2D eigenvalue weighted by atomic mass is 9.99. The second-order valence-electron chi connectivity index (χ2n) is 7.97. The molecule has 1 unspecified atom stereocenters. The van der Waals surface area contributed by atoms with Gasteiger partial charge in [-0.3, -0.25) is 9.69 Å². The molecule has 2 aliphatic heterocycles. The summed E-state index contributed by atoms with van der Waals surface area (Å²) in [7, 11) is 2.12. The molecule has 1 N–H and O–H groups in total. The Balaban J connectivity index is 1.42. The van der Waals surface area contributed by atoms with E-state index in [4.69, 9.17) is 27.9 Å². The van der Waals surface area contributed by atoms with E-state index in [2.05, 4.69) is 39.4 Å². The molecule has 3 heterocycles. The number of fused-ring (bicyclic) bond motifs is 2. The molecule has 1 amide bonds. The van der Waals surface area contributed by atoms with Crippen molar-refractivity contribution in [2.75, 3.05) is 23.8 Å². The average Bonchev–Trinajstić information content (AvgIpc) is 2.75. The Morgan fingerprint density at radius 2 is 1.94 bits per heavy atom. The van der Waals surface area contributed by atoms with E-state index in [1.165, 1.54) is 22.2 Å². The maximum absolute atomic E-state index is 13.2. The molecule has 0 aliphatic carbocycles. The molecule has 0 spiro atoms. The number of carbonyl (C=O) groups excluding carboxylic acids is 1. The maximum Gasteiger partial charge on any atom is 0.268 e. The fourth-order valence-corrected chi connectivity index (χ4v) is 4.66. The highest BCUT2D eigenvalue weighted by Gasteiger charge is 2.36. The number of aromatic nitrogens is 2. The van der Waals surface area contributed by atoms with Gasteiger partial charge in [0.2, 0.25) is 11.8 Å². The predicted molar refractivity (Wildman–Crippen MR) is 125 cm³/mol. The van der Waals surface area contributed by atoms with E-state index >= 15 is 0 Å². The second kappa shape index (κ2) is 8.24. The summed E-state index contributed by atoms with van der Waals surface area (Å²) < 4.78 is 5.95. The molecular formula is C23H21Cl2N5O2. The first-order valence-corrected chi connectivity index (χ1v) is 11.0. The monoisotopic (exact) mass is 469 g/mol. The van der Waals surface area contributed by atoms with Crippen LogP contribution in [-0.2, 0) is 13.0 Å². The predicted octanol–water partition coefficient (Wildman–Crippen LogP) is 4.90. The van der Waals surface area contributed by atoms with Crippen LogP contribution in [0.1, 0.15) is 28.4 Å². The number of nitrogens with zero attached hydrogens (tertiary/aromatic N) is 4. The van der Waals surface area contributed by atoms with Gasteiger partial charge in [-0.2, -0.15) is 4.98 Å². The van der Waals surface area contributed by atoms with Gasteiger partial charge in [-0.05, 0) is 55.8 Å². The normalized spacial score (nSPS) is 18.1. The molecule has 3 aromatic rings. The highest BCUT2D eigenvalue weighted by Crippen LogP contribution is 2.39. The van der Waals surface area contributed by atoms with Crippen LogP contribution in [0, 0.1) is 0 Å². The standard InChI is InChI=1S/C23H21Cl2N5O2/c1-13-30(20-18(24)4-3-5-19(20)25)22(31)17-11-26-23(28-21(17)32-13)27-16-7-6-15-12-29(2)9-8-14(15)10-16/h3-7,10-11,13H,8-9,12H2,1-2H3,(H,26,27,28). The number of nitrogens with one attached hydrogen (secondary N) is 1. The Kier molecular flexibility index (Phi) is 5.41. The third-order valence-corrected chi connectivity index (χ3v) is 6.30. The van der Waals surface area contributed by atoms with Crippen LogP contribution in [0.3, 0.4) is 0 Å². The van der Waals surface area contributed by atoms with E-state index in [9.17, 15) is 4.79 Å². The summed E-state index contributed by atoms with van der Waals surface area (Å²) in [6.45, 7) is 3.73. The number of halogens is 2. The Labute approximate surface area is 195 Å². The van der Waals surface area contributed by atoms with Crippen molar-refractivity contribution in [3.63, 3.8) is 0 Å². The SMILES string of the molecule is CC1Oc2nc(Nc3ccc4c(c3)CCN(C)C4)ncc2C(=O)N1c1c(Cl)cccc1Cl. The van der Waals surface area contributed by atoms with Crippen LogP contribution < -0.4 is 15.0 Å². The van der Waals surface area contributed by atoms with E-state index in [1.807, 2.05) is 6.07 Å². The van der Waals surface area contributed by atoms with Gasteiger partial charge in [-0.15, -0.1) is 0 Å². The van der Waals surface area contributed by atoms with Gasteiger partial charge in [-0.25, -0.2) is 4.98 Å². The van der Waals surface area contributed by atoms with E-state index in [-0.39, 0.29) is 17.4 Å². The molecule has 9 heteroatoms. The fourth-order valence-electron chi connectivity index (χ4n) is 4.08. The van der Waals surface area contributed by atoms with Gasteiger partial charge in [-0.1, -0.05) is 35.3 Å². The largest absolute Gasteiger partial charge is 0.453 e. The number of likely N-dealkylation sites (N-methyl/N-ethyl adjacent to an activating group) is 1. The summed E-state index contributed by atoms with van der Waals surface area (Å²) in [6.07, 6.45) is 1.82. The van der Waals surface area contributed by atoms with E-state index in [0.29, 0.717) is 21.7 Å². The van der Waals surface area contributed by atoms with Gasteiger partial charge in [0.15, 0.2) is 6.23 Å². The number of benzene rings is 2. The Bertz CT molecular complexity index is 1200. The van der Waals surface area contributed by atoms with Crippen molar-refractivity contribution >= 4 is 46.4 Å². The number of anilines is 3. The lowest BCUT2D eigenvalue weighted by Gasteiger charge is -2.34. The summed E-state index contributed by atoms with van der Waals surface area (Å²) in [6, 6.07) is 11.3. The quantitative estimate of drug-likeness (QED) is 0.587. The van der Waals surface area contributed by atoms with Crippen molar-refractivity contribution in [1.29, 1.82) is 0 Å². The van der Waals surface area contributed by atoms with Gasteiger partial charge < -0.3 is 15.0 Å². The third-order valence-electron chi connectivity index (χ3n) is 5.69. The topological polar surface area (TPSA) is 70.6 Å². The molecule has 5 rings (SSSR count). The molecule has 0 fully saturated rings. The van der Waals surface area contributed by atoms with Gasteiger partial charge in [0.25, 0.3) is 5.91 Å².